The van der Waals surface area contributed by atoms with Crippen molar-refractivity contribution in [3.8, 4) is 5.75 Å². The summed E-state index contributed by atoms with van der Waals surface area (Å²) in [6.45, 7) is 1.11. The van der Waals surface area contributed by atoms with Gasteiger partial charge in [0, 0.05) is 6.92 Å². The maximum Gasteiger partial charge on any atom is 0.338 e. The van der Waals surface area contributed by atoms with Crippen LogP contribution in [0, 0.1) is 0 Å². The average Bonchev–Trinajstić information content (AvgIpc) is 2.63. The molecule has 7 nitrogen and oxygen atoms in total. The van der Waals surface area contributed by atoms with E-state index in [0.29, 0.717) is 12.4 Å². The zero-order valence-electron chi connectivity index (χ0n) is 13.7. The zero-order chi connectivity index (χ0) is 18.1. The van der Waals surface area contributed by atoms with Crippen LogP contribution in [0.15, 0.2) is 54.6 Å². The number of hydrogen-bond acceptors (Lipinski definition) is 5. The molecular weight excluding hydrogens is 324 g/mol. The van der Waals surface area contributed by atoms with Gasteiger partial charge in [0.25, 0.3) is 5.91 Å². The number of esters is 1. The number of nitrogens with one attached hydrogen (secondary N) is 2. The van der Waals surface area contributed by atoms with E-state index in [1.165, 1.54) is 13.0 Å². The van der Waals surface area contributed by atoms with E-state index in [2.05, 4.69) is 10.9 Å². The summed E-state index contributed by atoms with van der Waals surface area (Å²) < 4.78 is 10.5. The molecule has 2 aromatic carbocycles. The van der Waals surface area contributed by atoms with E-state index in [-0.39, 0.29) is 5.56 Å². The predicted octanol–water partition coefficient (Wildman–Crippen LogP) is 1.59. The van der Waals surface area contributed by atoms with Gasteiger partial charge in [0.2, 0.25) is 5.91 Å². The summed E-state index contributed by atoms with van der Waals surface area (Å²) in [7, 11) is 0. The molecule has 2 aromatic rings. The first-order chi connectivity index (χ1) is 12.0. The Labute approximate surface area is 144 Å². The van der Waals surface area contributed by atoms with Crippen molar-refractivity contribution in [1.82, 2.24) is 10.9 Å². The van der Waals surface area contributed by atoms with Gasteiger partial charge in [-0.25, -0.2) is 4.79 Å². The van der Waals surface area contributed by atoms with E-state index in [9.17, 15) is 14.4 Å². The quantitative estimate of drug-likeness (QED) is 0.614. The van der Waals surface area contributed by atoms with E-state index in [0.717, 1.165) is 5.56 Å². The van der Waals surface area contributed by atoms with E-state index in [1.54, 1.807) is 18.2 Å². The van der Waals surface area contributed by atoms with Gasteiger partial charge in [0.1, 0.15) is 12.4 Å². The molecule has 2 amide bonds. The maximum atomic E-state index is 12.0. The van der Waals surface area contributed by atoms with Gasteiger partial charge in [-0.05, 0) is 23.8 Å². The van der Waals surface area contributed by atoms with Gasteiger partial charge in [0.15, 0.2) is 6.61 Å². The highest BCUT2D eigenvalue weighted by Gasteiger charge is 2.11. The lowest BCUT2D eigenvalue weighted by molar-refractivity contribution is -0.129. The number of amides is 2. The first kappa shape index (κ1) is 18.0. The Morgan fingerprint density at radius 2 is 1.72 bits per heavy atom. The zero-order valence-corrected chi connectivity index (χ0v) is 13.7. The molecule has 2 N–H and O–H groups in total. The summed E-state index contributed by atoms with van der Waals surface area (Å²) in [6.07, 6.45) is 0. The molecule has 7 heteroatoms. The summed E-state index contributed by atoms with van der Waals surface area (Å²) in [4.78, 5) is 34.0. The SMILES string of the molecule is CC(=O)NNC(=O)COC(=O)c1cccc(OCc2ccccc2)c1. The van der Waals surface area contributed by atoms with Crippen molar-refractivity contribution in [3.63, 3.8) is 0 Å². The van der Waals surface area contributed by atoms with Crippen LogP contribution in [0.25, 0.3) is 0 Å². The van der Waals surface area contributed by atoms with Crippen molar-refractivity contribution in [3.05, 3.63) is 65.7 Å². The molecule has 25 heavy (non-hydrogen) atoms. The summed E-state index contributed by atoms with van der Waals surface area (Å²) in [5.74, 6) is -1.22. The molecule has 0 aliphatic carbocycles. The minimum absolute atomic E-state index is 0.262. The molecule has 0 fully saturated rings. The second-order valence-electron chi connectivity index (χ2n) is 5.11. The van der Waals surface area contributed by atoms with Gasteiger partial charge in [-0.1, -0.05) is 36.4 Å². The summed E-state index contributed by atoms with van der Waals surface area (Å²) >= 11 is 0. The van der Waals surface area contributed by atoms with Crippen LogP contribution in [0.2, 0.25) is 0 Å². The van der Waals surface area contributed by atoms with Crippen molar-refractivity contribution in [2.45, 2.75) is 13.5 Å². The molecule has 0 atom stereocenters. The van der Waals surface area contributed by atoms with Crippen LogP contribution in [0.1, 0.15) is 22.8 Å². The van der Waals surface area contributed by atoms with Gasteiger partial charge in [-0.2, -0.15) is 0 Å². The molecular formula is C18H18N2O5. The molecule has 0 saturated heterocycles. The summed E-state index contributed by atoms with van der Waals surface area (Å²) in [5, 5.41) is 0. The molecule has 0 unspecified atom stereocenters. The molecule has 0 aliphatic rings. The predicted molar refractivity (Wildman–Crippen MR) is 89.5 cm³/mol. The Hall–Kier alpha value is -3.35. The van der Waals surface area contributed by atoms with Gasteiger partial charge in [-0.15, -0.1) is 0 Å². The van der Waals surface area contributed by atoms with Gasteiger partial charge < -0.3 is 9.47 Å². The molecule has 0 spiro atoms. The van der Waals surface area contributed by atoms with E-state index < -0.39 is 24.4 Å². The first-order valence-corrected chi connectivity index (χ1v) is 7.54. The largest absolute Gasteiger partial charge is 0.489 e. The van der Waals surface area contributed by atoms with Crippen molar-refractivity contribution in [2.24, 2.45) is 0 Å². The molecule has 0 radical (unpaired) electrons. The molecule has 130 valence electrons. The fraction of sp³-hybridized carbons (Fsp3) is 0.167. The second-order valence-corrected chi connectivity index (χ2v) is 5.11. The van der Waals surface area contributed by atoms with Crippen LogP contribution in [-0.4, -0.2) is 24.4 Å². The minimum atomic E-state index is -0.664. The van der Waals surface area contributed by atoms with Crippen LogP contribution < -0.4 is 15.6 Å². The molecule has 0 heterocycles. The normalized spacial score (nSPS) is 9.80. The molecule has 0 bridgehead atoms. The number of carbonyl (C=O) groups is 3. The summed E-state index contributed by atoms with van der Waals surface area (Å²) in [5.41, 5.74) is 5.47. The number of hydrogen-bond donors (Lipinski definition) is 2. The van der Waals surface area contributed by atoms with Crippen molar-refractivity contribution in [1.29, 1.82) is 0 Å². The third kappa shape index (κ3) is 6.34. The van der Waals surface area contributed by atoms with Crippen LogP contribution in [0.5, 0.6) is 5.75 Å². The van der Waals surface area contributed by atoms with E-state index >= 15 is 0 Å². The fourth-order valence-electron chi connectivity index (χ4n) is 1.86. The highest BCUT2D eigenvalue weighted by atomic mass is 16.5. The number of benzene rings is 2. The number of rotatable bonds is 6. The summed E-state index contributed by atoms with van der Waals surface area (Å²) in [6, 6.07) is 16.1. The van der Waals surface area contributed by atoms with Crippen molar-refractivity contribution in [2.75, 3.05) is 6.61 Å². The first-order valence-electron chi connectivity index (χ1n) is 7.54. The molecule has 0 aliphatic heterocycles. The highest BCUT2D eigenvalue weighted by Crippen LogP contribution is 2.16. The lowest BCUT2D eigenvalue weighted by Crippen LogP contribution is -2.42. The van der Waals surface area contributed by atoms with Crippen LogP contribution in [-0.2, 0) is 20.9 Å². The Kier molecular flexibility index (Phi) is 6.53. The monoisotopic (exact) mass is 342 g/mol. The molecule has 0 saturated carbocycles. The smallest absolute Gasteiger partial charge is 0.338 e. The minimum Gasteiger partial charge on any atom is -0.489 e. The topological polar surface area (TPSA) is 93.7 Å². The Morgan fingerprint density at radius 1 is 0.960 bits per heavy atom. The Morgan fingerprint density at radius 3 is 2.44 bits per heavy atom. The third-order valence-electron chi connectivity index (χ3n) is 3.03. The van der Waals surface area contributed by atoms with Crippen molar-refractivity contribution < 1.29 is 23.9 Å². The lowest BCUT2D eigenvalue weighted by Gasteiger charge is -2.09. The van der Waals surface area contributed by atoms with Crippen molar-refractivity contribution >= 4 is 17.8 Å². The van der Waals surface area contributed by atoms with Gasteiger partial charge in [0.05, 0.1) is 5.56 Å². The highest BCUT2D eigenvalue weighted by molar-refractivity contribution is 5.91. The van der Waals surface area contributed by atoms with Gasteiger partial charge in [-0.3, -0.25) is 20.4 Å². The van der Waals surface area contributed by atoms with Crippen LogP contribution in [0.4, 0.5) is 0 Å². The molecule has 2 rings (SSSR count). The number of carbonyl (C=O) groups excluding carboxylic acids is 3. The number of hydrazine groups is 1. The van der Waals surface area contributed by atoms with Crippen LogP contribution in [0.3, 0.4) is 0 Å². The second kappa shape index (κ2) is 9.07. The fourth-order valence-corrected chi connectivity index (χ4v) is 1.86. The Balaban J connectivity index is 1.86. The average molecular weight is 342 g/mol. The third-order valence-corrected chi connectivity index (χ3v) is 3.03. The van der Waals surface area contributed by atoms with E-state index in [4.69, 9.17) is 9.47 Å². The van der Waals surface area contributed by atoms with Gasteiger partial charge >= 0.3 is 5.97 Å². The maximum absolute atomic E-state index is 12.0. The molecule has 0 aromatic heterocycles. The number of ether oxygens (including phenoxy) is 2. The Bertz CT molecular complexity index is 746. The lowest BCUT2D eigenvalue weighted by atomic mass is 10.2. The standard InChI is InChI=1S/C18H18N2O5/c1-13(21)19-20-17(22)12-25-18(23)15-8-5-9-16(10-15)24-11-14-6-3-2-4-7-14/h2-10H,11-12H2,1H3,(H,19,21)(H,20,22). The van der Waals surface area contributed by atoms with E-state index in [1.807, 2.05) is 30.3 Å². The van der Waals surface area contributed by atoms with Crippen LogP contribution >= 0.6 is 0 Å².